The van der Waals surface area contributed by atoms with Gasteiger partial charge in [0.1, 0.15) is 0 Å². The minimum Gasteiger partial charge on any atom is -0.308 e. The summed E-state index contributed by atoms with van der Waals surface area (Å²) < 4.78 is 1.18. The average Bonchev–Trinajstić information content (AvgIpc) is 3.13. The maximum Gasteiger partial charge on any atom is 0.0450 e. The van der Waals surface area contributed by atoms with E-state index < -0.39 is 0 Å². The van der Waals surface area contributed by atoms with E-state index in [2.05, 4.69) is 50.4 Å². The first-order valence-corrected chi connectivity index (χ1v) is 6.85. The Morgan fingerprint density at radius 3 is 2.94 bits per heavy atom. The molecule has 1 unspecified atom stereocenters. The van der Waals surface area contributed by atoms with Gasteiger partial charge in [-0.1, -0.05) is 28.1 Å². The number of nitrogens with zero attached hydrogens (tertiary/aromatic N) is 1. The molecular formula is C13H17BrN2. The van der Waals surface area contributed by atoms with Gasteiger partial charge in [0.25, 0.3) is 0 Å². The minimum absolute atomic E-state index is 0.506. The third-order valence-corrected chi connectivity index (χ3v) is 4.01. The highest BCUT2D eigenvalue weighted by Gasteiger charge is 2.32. The molecule has 0 spiro atoms. The Bertz CT molecular complexity index is 376. The van der Waals surface area contributed by atoms with Crippen LogP contribution in [-0.4, -0.2) is 30.6 Å². The van der Waals surface area contributed by atoms with E-state index in [-0.39, 0.29) is 0 Å². The fourth-order valence-electron chi connectivity index (χ4n) is 2.49. The van der Waals surface area contributed by atoms with Crippen LogP contribution < -0.4 is 5.32 Å². The van der Waals surface area contributed by atoms with Crippen molar-refractivity contribution >= 4 is 15.9 Å². The first-order valence-electron chi connectivity index (χ1n) is 6.06. The summed E-state index contributed by atoms with van der Waals surface area (Å²) in [6.07, 6.45) is 2.82. The lowest BCUT2D eigenvalue weighted by Crippen LogP contribution is -2.46. The lowest BCUT2D eigenvalue weighted by molar-refractivity contribution is 0.192. The second-order valence-corrected chi connectivity index (χ2v) is 5.70. The van der Waals surface area contributed by atoms with Crippen LogP contribution in [0.3, 0.4) is 0 Å². The maximum atomic E-state index is 3.61. The molecule has 0 radical (unpaired) electrons. The third kappa shape index (κ3) is 2.31. The number of hydrogen-bond acceptors (Lipinski definition) is 2. The van der Waals surface area contributed by atoms with Crippen LogP contribution in [0.5, 0.6) is 0 Å². The predicted octanol–water partition coefficient (Wildman–Crippen LogP) is 2.56. The van der Waals surface area contributed by atoms with Crippen molar-refractivity contribution in [3.63, 3.8) is 0 Å². The van der Waals surface area contributed by atoms with Crippen molar-refractivity contribution in [3.05, 3.63) is 34.3 Å². The molecule has 1 aliphatic heterocycles. The van der Waals surface area contributed by atoms with Crippen LogP contribution in [0, 0.1) is 0 Å². The van der Waals surface area contributed by atoms with Crippen molar-refractivity contribution in [1.29, 1.82) is 0 Å². The van der Waals surface area contributed by atoms with Gasteiger partial charge in [-0.3, -0.25) is 4.90 Å². The SMILES string of the molecule is Brc1cccc(C2CN(C3CC3)CCN2)c1. The zero-order valence-electron chi connectivity index (χ0n) is 9.32. The first kappa shape index (κ1) is 10.8. The van der Waals surface area contributed by atoms with Crippen molar-refractivity contribution in [1.82, 2.24) is 10.2 Å². The molecule has 2 fully saturated rings. The zero-order valence-corrected chi connectivity index (χ0v) is 10.9. The van der Waals surface area contributed by atoms with Crippen LogP contribution in [-0.2, 0) is 0 Å². The van der Waals surface area contributed by atoms with Gasteiger partial charge in [0.05, 0.1) is 0 Å². The van der Waals surface area contributed by atoms with E-state index in [4.69, 9.17) is 0 Å². The highest BCUT2D eigenvalue weighted by Crippen LogP contribution is 2.30. The standard InChI is InChI=1S/C13H17BrN2/c14-11-3-1-2-10(8-11)13-9-16(7-6-15-13)12-4-5-12/h1-3,8,12-13,15H,4-7,9H2. The molecule has 3 rings (SSSR count). The Labute approximate surface area is 105 Å². The van der Waals surface area contributed by atoms with Gasteiger partial charge in [0.2, 0.25) is 0 Å². The van der Waals surface area contributed by atoms with Crippen molar-refractivity contribution in [3.8, 4) is 0 Å². The molecule has 1 N–H and O–H groups in total. The summed E-state index contributed by atoms with van der Waals surface area (Å²) >= 11 is 3.54. The summed E-state index contributed by atoms with van der Waals surface area (Å²) in [6.45, 7) is 3.50. The molecule has 1 saturated carbocycles. The number of benzene rings is 1. The van der Waals surface area contributed by atoms with Crippen molar-refractivity contribution in [2.75, 3.05) is 19.6 Å². The van der Waals surface area contributed by atoms with E-state index in [0.29, 0.717) is 6.04 Å². The molecule has 1 atom stereocenters. The van der Waals surface area contributed by atoms with Crippen molar-refractivity contribution < 1.29 is 0 Å². The molecule has 0 aromatic heterocycles. The summed E-state index contributed by atoms with van der Waals surface area (Å²) in [5.74, 6) is 0. The monoisotopic (exact) mass is 280 g/mol. The van der Waals surface area contributed by atoms with Gasteiger partial charge >= 0.3 is 0 Å². The van der Waals surface area contributed by atoms with E-state index >= 15 is 0 Å². The summed E-state index contributed by atoms with van der Waals surface area (Å²) in [5, 5.41) is 3.61. The second kappa shape index (κ2) is 4.47. The number of nitrogens with one attached hydrogen (secondary N) is 1. The molecular weight excluding hydrogens is 264 g/mol. The molecule has 86 valence electrons. The first-order chi connectivity index (χ1) is 7.83. The normalized spacial score (nSPS) is 26.9. The molecule has 0 bridgehead atoms. The van der Waals surface area contributed by atoms with E-state index in [1.165, 1.54) is 36.0 Å². The Balaban J connectivity index is 1.73. The molecule has 2 nitrogen and oxygen atoms in total. The Morgan fingerprint density at radius 2 is 2.19 bits per heavy atom. The fourth-order valence-corrected chi connectivity index (χ4v) is 2.91. The van der Waals surface area contributed by atoms with Gasteiger partial charge in [-0.05, 0) is 30.5 Å². The Morgan fingerprint density at radius 1 is 1.31 bits per heavy atom. The van der Waals surface area contributed by atoms with Crippen LogP contribution in [0.2, 0.25) is 0 Å². The largest absolute Gasteiger partial charge is 0.308 e. The van der Waals surface area contributed by atoms with E-state index in [0.717, 1.165) is 12.6 Å². The van der Waals surface area contributed by atoms with E-state index in [1.807, 2.05) is 0 Å². The molecule has 1 heterocycles. The number of hydrogen-bond donors (Lipinski definition) is 1. The van der Waals surface area contributed by atoms with Gasteiger partial charge in [0, 0.05) is 36.2 Å². The molecule has 1 aromatic rings. The van der Waals surface area contributed by atoms with Crippen LogP contribution >= 0.6 is 15.9 Å². The van der Waals surface area contributed by atoms with Crippen molar-refractivity contribution in [2.45, 2.75) is 24.9 Å². The highest BCUT2D eigenvalue weighted by atomic mass is 79.9. The van der Waals surface area contributed by atoms with Crippen LogP contribution in [0.15, 0.2) is 28.7 Å². The molecule has 0 amide bonds. The maximum absolute atomic E-state index is 3.61. The van der Waals surface area contributed by atoms with Crippen LogP contribution in [0.1, 0.15) is 24.4 Å². The molecule has 1 aromatic carbocycles. The van der Waals surface area contributed by atoms with Crippen LogP contribution in [0.4, 0.5) is 0 Å². The minimum atomic E-state index is 0.506. The third-order valence-electron chi connectivity index (χ3n) is 3.52. The highest BCUT2D eigenvalue weighted by molar-refractivity contribution is 9.10. The Kier molecular flexibility index (Phi) is 3.01. The lowest BCUT2D eigenvalue weighted by atomic mass is 10.0. The summed E-state index contributed by atoms with van der Waals surface area (Å²) in [5.41, 5.74) is 1.40. The van der Waals surface area contributed by atoms with Gasteiger partial charge in [-0.15, -0.1) is 0 Å². The summed E-state index contributed by atoms with van der Waals surface area (Å²) in [6, 6.07) is 10.1. The van der Waals surface area contributed by atoms with E-state index in [1.54, 1.807) is 0 Å². The number of halogens is 1. The molecule has 2 aliphatic rings. The molecule has 1 saturated heterocycles. The number of rotatable bonds is 2. The second-order valence-electron chi connectivity index (χ2n) is 4.79. The predicted molar refractivity (Wildman–Crippen MR) is 69.5 cm³/mol. The van der Waals surface area contributed by atoms with Gasteiger partial charge in [-0.25, -0.2) is 0 Å². The zero-order chi connectivity index (χ0) is 11.0. The quantitative estimate of drug-likeness (QED) is 0.896. The van der Waals surface area contributed by atoms with Gasteiger partial charge < -0.3 is 5.32 Å². The van der Waals surface area contributed by atoms with Gasteiger partial charge in [-0.2, -0.15) is 0 Å². The molecule has 16 heavy (non-hydrogen) atoms. The number of piperazine rings is 1. The smallest absolute Gasteiger partial charge is 0.0450 e. The summed E-state index contributed by atoms with van der Waals surface area (Å²) in [4.78, 5) is 2.64. The lowest BCUT2D eigenvalue weighted by Gasteiger charge is -2.34. The van der Waals surface area contributed by atoms with E-state index in [9.17, 15) is 0 Å². The van der Waals surface area contributed by atoms with Gasteiger partial charge in [0.15, 0.2) is 0 Å². The molecule has 1 aliphatic carbocycles. The molecule has 3 heteroatoms. The van der Waals surface area contributed by atoms with Crippen LogP contribution in [0.25, 0.3) is 0 Å². The average molecular weight is 281 g/mol. The van der Waals surface area contributed by atoms with Crippen molar-refractivity contribution in [2.24, 2.45) is 0 Å². The Hall–Kier alpha value is -0.380. The topological polar surface area (TPSA) is 15.3 Å². The summed E-state index contributed by atoms with van der Waals surface area (Å²) in [7, 11) is 0. The fraction of sp³-hybridized carbons (Fsp3) is 0.538.